The molecule has 0 unspecified atom stereocenters. The number of fused-ring (bicyclic) bond motifs is 7. The van der Waals surface area contributed by atoms with E-state index in [0.717, 1.165) is 32.7 Å². The predicted octanol–water partition coefficient (Wildman–Crippen LogP) is 5.55. The first-order chi connectivity index (χ1) is 11.8. The van der Waals surface area contributed by atoms with Crippen molar-refractivity contribution in [2.75, 3.05) is 0 Å². The van der Waals surface area contributed by atoms with Crippen molar-refractivity contribution in [3.05, 3.63) is 72.8 Å². The van der Waals surface area contributed by atoms with E-state index in [1.54, 1.807) is 0 Å². The van der Waals surface area contributed by atoms with Crippen LogP contribution in [0.2, 0.25) is 0 Å². The molecule has 0 fully saturated rings. The molecule has 0 bridgehead atoms. The summed E-state index contributed by atoms with van der Waals surface area (Å²) in [7, 11) is 0. The SMILES string of the molecule is O=C1Oc2ccc3ccccc3c2-c2c(ccc3ccccc23)O1. The number of rotatable bonds is 0. The van der Waals surface area contributed by atoms with Gasteiger partial charge in [-0.2, -0.15) is 0 Å². The highest BCUT2D eigenvalue weighted by Gasteiger charge is 2.25. The molecule has 1 aliphatic heterocycles. The Labute approximate surface area is 138 Å². The second-order valence-electron chi connectivity index (χ2n) is 5.77. The summed E-state index contributed by atoms with van der Waals surface area (Å²) in [5.74, 6) is 1.04. The minimum absolute atomic E-state index is 0.522. The van der Waals surface area contributed by atoms with Gasteiger partial charge in [-0.15, -0.1) is 0 Å². The number of carbonyl (C=O) groups is 1. The normalized spacial score (nSPS) is 12.9. The molecule has 0 atom stereocenters. The Kier molecular flexibility index (Phi) is 2.65. The van der Waals surface area contributed by atoms with E-state index in [1.165, 1.54) is 0 Å². The van der Waals surface area contributed by atoms with Crippen LogP contribution in [-0.2, 0) is 0 Å². The van der Waals surface area contributed by atoms with Crippen LogP contribution >= 0.6 is 0 Å². The smallest absolute Gasteiger partial charge is 0.394 e. The standard InChI is InChI=1S/C21H12O3/c22-21-23-17-11-9-13-5-1-3-7-15(13)19(17)20-16-8-4-2-6-14(16)10-12-18(20)24-21/h1-12H. The maximum absolute atomic E-state index is 12.0. The molecule has 0 aromatic heterocycles. The van der Waals surface area contributed by atoms with Crippen molar-refractivity contribution in [3.63, 3.8) is 0 Å². The molecule has 1 aliphatic rings. The summed E-state index contributed by atoms with van der Waals surface area (Å²) >= 11 is 0. The van der Waals surface area contributed by atoms with Crippen molar-refractivity contribution in [1.29, 1.82) is 0 Å². The zero-order chi connectivity index (χ0) is 16.1. The number of benzene rings is 4. The fraction of sp³-hybridized carbons (Fsp3) is 0. The van der Waals surface area contributed by atoms with E-state index in [2.05, 4.69) is 0 Å². The van der Waals surface area contributed by atoms with Crippen LogP contribution in [0, 0.1) is 0 Å². The Hall–Kier alpha value is -3.33. The first kappa shape index (κ1) is 13.1. The molecule has 4 aromatic carbocycles. The number of hydrogen-bond acceptors (Lipinski definition) is 3. The Bertz CT molecular complexity index is 1040. The summed E-state index contributed by atoms with van der Waals surface area (Å²) in [6.07, 6.45) is -0.708. The Morgan fingerprint density at radius 2 is 1.00 bits per heavy atom. The van der Waals surface area contributed by atoms with Crippen molar-refractivity contribution >= 4 is 27.7 Å². The Balaban J connectivity index is 2.02. The number of carbonyl (C=O) groups excluding carboxylic acids is 1. The van der Waals surface area contributed by atoms with Crippen molar-refractivity contribution in [2.24, 2.45) is 0 Å². The van der Waals surface area contributed by atoms with Crippen LogP contribution in [0.25, 0.3) is 32.7 Å². The lowest BCUT2D eigenvalue weighted by Gasteiger charge is -2.13. The quantitative estimate of drug-likeness (QED) is 0.315. The summed E-state index contributed by atoms with van der Waals surface area (Å²) < 4.78 is 10.9. The van der Waals surface area contributed by atoms with Gasteiger partial charge in [-0.25, -0.2) is 4.79 Å². The average Bonchev–Trinajstić information content (AvgIpc) is 2.77. The van der Waals surface area contributed by atoms with E-state index in [4.69, 9.17) is 9.47 Å². The van der Waals surface area contributed by atoms with Gasteiger partial charge >= 0.3 is 6.16 Å². The maximum atomic E-state index is 12.0. The predicted molar refractivity (Wildman–Crippen MR) is 93.5 cm³/mol. The monoisotopic (exact) mass is 312 g/mol. The van der Waals surface area contributed by atoms with Crippen LogP contribution < -0.4 is 9.47 Å². The highest BCUT2D eigenvalue weighted by molar-refractivity contribution is 6.11. The average molecular weight is 312 g/mol. The van der Waals surface area contributed by atoms with E-state index in [-0.39, 0.29) is 0 Å². The van der Waals surface area contributed by atoms with Gasteiger partial charge in [0.25, 0.3) is 0 Å². The summed E-state index contributed by atoms with van der Waals surface area (Å²) in [6.45, 7) is 0. The second-order valence-corrected chi connectivity index (χ2v) is 5.77. The molecule has 0 saturated carbocycles. The lowest BCUT2D eigenvalue weighted by molar-refractivity contribution is 0.154. The molecule has 5 rings (SSSR count). The van der Waals surface area contributed by atoms with Gasteiger partial charge in [0.1, 0.15) is 11.5 Å². The number of hydrogen-bond donors (Lipinski definition) is 0. The van der Waals surface area contributed by atoms with E-state index in [0.29, 0.717) is 11.5 Å². The molecule has 4 aromatic rings. The molecule has 1 heterocycles. The van der Waals surface area contributed by atoms with Crippen molar-refractivity contribution < 1.29 is 14.3 Å². The molecule has 0 aliphatic carbocycles. The van der Waals surface area contributed by atoms with Gasteiger partial charge in [0, 0.05) is 11.1 Å². The molecule has 24 heavy (non-hydrogen) atoms. The van der Waals surface area contributed by atoms with Crippen LogP contribution in [0.5, 0.6) is 11.5 Å². The molecular weight excluding hydrogens is 300 g/mol. The lowest BCUT2D eigenvalue weighted by Crippen LogP contribution is -2.12. The highest BCUT2D eigenvalue weighted by atomic mass is 16.7. The molecular formula is C21H12O3. The largest absolute Gasteiger partial charge is 0.519 e. The van der Waals surface area contributed by atoms with Crippen LogP contribution in [0.4, 0.5) is 4.79 Å². The maximum Gasteiger partial charge on any atom is 0.519 e. The van der Waals surface area contributed by atoms with Crippen LogP contribution in [-0.4, -0.2) is 6.16 Å². The third-order valence-corrected chi connectivity index (χ3v) is 4.42. The Morgan fingerprint density at radius 1 is 0.542 bits per heavy atom. The van der Waals surface area contributed by atoms with Gasteiger partial charge in [0.05, 0.1) is 0 Å². The summed E-state index contributed by atoms with van der Waals surface area (Å²) in [5.41, 5.74) is 1.79. The molecule has 0 amide bonds. The third-order valence-electron chi connectivity index (χ3n) is 4.42. The molecule has 3 nitrogen and oxygen atoms in total. The van der Waals surface area contributed by atoms with Gasteiger partial charge < -0.3 is 9.47 Å². The van der Waals surface area contributed by atoms with E-state index < -0.39 is 6.16 Å². The zero-order valence-electron chi connectivity index (χ0n) is 12.7. The van der Waals surface area contributed by atoms with Gasteiger partial charge in [-0.1, -0.05) is 60.7 Å². The lowest BCUT2D eigenvalue weighted by atomic mass is 9.92. The van der Waals surface area contributed by atoms with Gasteiger partial charge in [0.2, 0.25) is 0 Å². The summed E-state index contributed by atoms with van der Waals surface area (Å²) in [4.78, 5) is 12.0. The van der Waals surface area contributed by atoms with E-state index in [1.807, 2.05) is 72.8 Å². The molecule has 0 radical (unpaired) electrons. The fourth-order valence-corrected chi connectivity index (χ4v) is 3.39. The van der Waals surface area contributed by atoms with Crippen molar-refractivity contribution in [1.82, 2.24) is 0 Å². The first-order valence-electron chi connectivity index (χ1n) is 7.75. The molecule has 0 spiro atoms. The zero-order valence-corrected chi connectivity index (χ0v) is 12.7. The van der Waals surface area contributed by atoms with Crippen molar-refractivity contribution in [3.8, 4) is 22.6 Å². The Morgan fingerprint density at radius 3 is 1.50 bits per heavy atom. The van der Waals surface area contributed by atoms with Gasteiger partial charge in [-0.3, -0.25) is 0 Å². The van der Waals surface area contributed by atoms with Gasteiger partial charge in [-0.05, 0) is 33.7 Å². The summed E-state index contributed by atoms with van der Waals surface area (Å²) in [6, 6.07) is 23.7. The molecule has 0 N–H and O–H groups in total. The molecule has 3 heteroatoms. The number of ether oxygens (including phenoxy) is 2. The minimum Gasteiger partial charge on any atom is -0.394 e. The van der Waals surface area contributed by atoms with E-state index >= 15 is 0 Å². The first-order valence-corrected chi connectivity index (χ1v) is 7.75. The highest BCUT2D eigenvalue weighted by Crippen LogP contribution is 2.46. The van der Waals surface area contributed by atoms with E-state index in [9.17, 15) is 4.79 Å². The van der Waals surface area contributed by atoms with Crippen LogP contribution in [0.1, 0.15) is 0 Å². The third kappa shape index (κ3) is 1.82. The molecule has 0 saturated heterocycles. The van der Waals surface area contributed by atoms with Crippen LogP contribution in [0.3, 0.4) is 0 Å². The summed E-state index contributed by atoms with van der Waals surface area (Å²) in [5, 5.41) is 4.25. The second kappa shape index (κ2) is 4.83. The van der Waals surface area contributed by atoms with Crippen molar-refractivity contribution in [2.45, 2.75) is 0 Å². The topological polar surface area (TPSA) is 35.5 Å². The van der Waals surface area contributed by atoms with Crippen LogP contribution in [0.15, 0.2) is 72.8 Å². The minimum atomic E-state index is -0.708. The van der Waals surface area contributed by atoms with Gasteiger partial charge in [0.15, 0.2) is 0 Å². The fourth-order valence-electron chi connectivity index (χ4n) is 3.39. The molecule has 114 valence electrons.